The summed E-state index contributed by atoms with van der Waals surface area (Å²) in [6.45, 7) is 2.17. The molecule has 198 valence electrons. The van der Waals surface area contributed by atoms with Gasteiger partial charge in [0.1, 0.15) is 16.9 Å². The van der Waals surface area contributed by atoms with Gasteiger partial charge in [-0.25, -0.2) is 14.3 Å². The van der Waals surface area contributed by atoms with E-state index in [0.29, 0.717) is 5.69 Å². The molecule has 2 heterocycles. The smallest absolute Gasteiger partial charge is 0.257 e. The van der Waals surface area contributed by atoms with E-state index in [0.717, 1.165) is 36.8 Å². The Balaban J connectivity index is 1.28. The molecule has 1 saturated heterocycles. The number of anilines is 1. The molecule has 0 radical (unpaired) electrons. The number of benzene rings is 4. The fourth-order valence-corrected chi connectivity index (χ4v) is 5.97. The van der Waals surface area contributed by atoms with Gasteiger partial charge in [-0.15, -0.1) is 11.3 Å². The summed E-state index contributed by atoms with van der Waals surface area (Å²) in [6.07, 6.45) is -0.141. The lowest BCUT2D eigenvalue weighted by Crippen LogP contribution is -2.45. The van der Waals surface area contributed by atoms with Crippen LogP contribution in [0.1, 0.15) is 27.9 Å². The number of nitrogens with zero attached hydrogens (tertiary/aromatic N) is 3. The van der Waals surface area contributed by atoms with Crippen LogP contribution in [0.3, 0.4) is 0 Å². The monoisotopic (exact) mass is 549 g/mol. The first-order valence-electron chi connectivity index (χ1n) is 12.8. The summed E-state index contributed by atoms with van der Waals surface area (Å²) in [5.74, 6) is -1.77. The molecule has 5 aromatic rings. The van der Waals surface area contributed by atoms with Crippen molar-refractivity contribution in [1.29, 1.82) is 0 Å². The van der Waals surface area contributed by atoms with Crippen molar-refractivity contribution < 1.29 is 18.8 Å². The third kappa shape index (κ3) is 4.89. The van der Waals surface area contributed by atoms with Crippen LogP contribution in [-0.4, -0.2) is 33.6 Å². The second kappa shape index (κ2) is 10.5. The molecule has 1 aliphatic heterocycles. The third-order valence-electron chi connectivity index (χ3n) is 6.96. The summed E-state index contributed by atoms with van der Waals surface area (Å²) in [5.41, 5.74) is 4.46. The molecule has 1 fully saturated rings. The maximum Gasteiger partial charge on any atom is 0.257 e. The van der Waals surface area contributed by atoms with Crippen molar-refractivity contribution in [2.24, 2.45) is 0 Å². The summed E-state index contributed by atoms with van der Waals surface area (Å²) < 4.78 is 14.6. The van der Waals surface area contributed by atoms with Gasteiger partial charge in [0.25, 0.3) is 11.8 Å². The standard InChI is InChI=1S/C32H24FN3O3S/c1-20-7-16-26-28(17-20)40-30(34-26)22-10-14-25(15-11-22)36-29(37)18-27(32(36)39)35(19-21-5-3-2-4-6-21)31(38)23-8-12-24(33)13-9-23/h2-17,27H,18-19H2,1H3. The van der Waals surface area contributed by atoms with Crippen LogP contribution in [-0.2, 0) is 16.1 Å². The molecule has 0 aliphatic carbocycles. The largest absolute Gasteiger partial charge is 0.322 e. The number of carbonyl (C=O) groups is 3. The van der Waals surface area contributed by atoms with E-state index in [4.69, 9.17) is 4.98 Å². The van der Waals surface area contributed by atoms with Crippen LogP contribution in [0.2, 0.25) is 0 Å². The topological polar surface area (TPSA) is 70.6 Å². The Morgan fingerprint density at radius 1 is 0.975 bits per heavy atom. The molecule has 1 unspecified atom stereocenters. The van der Waals surface area contributed by atoms with Gasteiger partial charge in [0.15, 0.2) is 0 Å². The number of aryl methyl sites for hydroxylation is 1. The lowest BCUT2D eigenvalue weighted by molar-refractivity contribution is -0.122. The lowest BCUT2D eigenvalue weighted by atomic mass is 10.1. The van der Waals surface area contributed by atoms with Gasteiger partial charge in [-0.3, -0.25) is 14.4 Å². The van der Waals surface area contributed by atoms with Gasteiger partial charge in [-0.1, -0.05) is 36.4 Å². The Morgan fingerprint density at radius 3 is 2.42 bits per heavy atom. The Hall–Kier alpha value is -4.69. The summed E-state index contributed by atoms with van der Waals surface area (Å²) in [4.78, 5) is 47.7. The minimum absolute atomic E-state index is 0.130. The van der Waals surface area contributed by atoms with E-state index in [-0.39, 0.29) is 24.4 Å². The molecule has 3 amide bonds. The Morgan fingerprint density at radius 2 is 1.70 bits per heavy atom. The minimum atomic E-state index is -0.988. The SMILES string of the molecule is Cc1ccc2nc(-c3ccc(N4C(=O)CC(N(Cc5ccccc5)C(=O)c5ccc(F)cc5)C4=O)cc3)sc2c1. The molecule has 0 N–H and O–H groups in total. The zero-order chi connectivity index (χ0) is 27.8. The molecule has 6 rings (SSSR count). The number of imide groups is 1. The average Bonchev–Trinajstić information content (AvgIpc) is 3.52. The zero-order valence-corrected chi connectivity index (χ0v) is 22.4. The lowest BCUT2D eigenvalue weighted by Gasteiger charge is -2.28. The highest BCUT2D eigenvalue weighted by molar-refractivity contribution is 7.21. The van der Waals surface area contributed by atoms with Crippen LogP contribution < -0.4 is 4.90 Å². The maximum absolute atomic E-state index is 13.7. The molecular weight excluding hydrogens is 525 g/mol. The van der Waals surface area contributed by atoms with Crippen LogP contribution in [0, 0.1) is 12.7 Å². The Bertz CT molecular complexity index is 1730. The van der Waals surface area contributed by atoms with Crippen molar-refractivity contribution in [3.8, 4) is 10.6 Å². The average molecular weight is 550 g/mol. The van der Waals surface area contributed by atoms with Gasteiger partial charge in [-0.05, 0) is 78.7 Å². The summed E-state index contributed by atoms with van der Waals surface area (Å²) >= 11 is 1.58. The van der Waals surface area contributed by atoms with E-state index in [9.17, 15) is 18.8 Å². The van der Waals surface area contributed by atoms with Gasteiger partial charge in [0.05, 0.1) is 22.3 Å². The predicted molar refractivity (Wildman–Crippen MR) is 153 cm³/mol. The van der Waals surface area contributed by atoms with Crippen LogP contribution in [0.15, 0.2) is 97.1 Å². The van der Waals surface area contributed by atoms with E-state index in [1.54, 1.807) is 23.5 Å². The maximum atomic E-state index is 13.7. The molecule has 1 atom stereocenters. The molecule has 1 aliphatic rings. The highest BCUT2D eigenvalue weighted by Crippen LogP contribution is 2.33. The quantitative estimate of drug-likeness (QED) is 0.230. The van der Waals surface area contributed by atoms with Gasteiger partial charge in [0, 0.05) is 17.7 Å². The van der Waals surface area contributed by atoms with Crippen LogP contribution in [0.25, 0.3) is 20.8 Å². The van der Waals surface area contributed by atoms with Gasteiger partial charge >= 0.3 is 0 Å². The molecule has 1 aromatic heterocycles. The number of fused-ring (bicyclic) bond motifs is 1. The van der Waals surface area contributed by atoms with E-state index in [1.165, 1.54) is 29.2 Å². The molecular formula is C32H24FN3O3S. The number of amides is 3. The van der Waals surface area contributed by atoms with E-state index >= 15 is 0 Å². The molecule has 40 heavy (non-hydrogen) atoms. The van der Waals surface area contributed by atoms with Gasteiger partial charge < -0.3 is 4.90 Å². The van der Waals surface area contributed by atoms with Crippen LogP contribution in [0.5, 0.6) is 0 Å². The first-order valence-corrected chi connectivity index (χ1v) is 13.6. The van der Waals surface area contributed by atoms with Crippen molar-refractivity contribution in [3.05, 3.63) is 120 Å². The third-order valence-corrected chi connectivity index (χ3v) is 8.03. The highest BCUT2D eigenvalue weighted by atomic mass is 32.1. The number of hydrogen-bond acceptors (Lipinski definition) is 5. The number of rotatable bonds is 6. The number of aromatic nitrogens is 1. The molecule has 4 aromatic carbocycles. The van der Waals surface area contributed by atoms with Crippen molar-refractivity contribution in [3.63, 3.8) is 0 Å². The Labute approximate surface area is 234 Å². The fourth-order valence-electron chi connectivity index (χ4n) is 4.90. The van der Waals surface area contributed by atoms with Crippen molar-refractivity contribution in [2.75, 3.05) is 4.90 Å². The number of hydrogen-bond donors (Lipinski definition) is 0. The van der Waals surface area contributed by atoms with Crippen LogP contribution in [0.4, 0.5) is 10.1 Å². The zero-order valence-electron chi connectivity index (χ0n) is 21.6. The fraction of sp³-hybridized carbons (Fsp3) is 0.125. The van der Waals surface area contributed by atoms with Crippen LogP contribution >= 0.6 is 11.3 Å². The number of thiazole rings is 1. The van der Waals surface area contributed by atoms with E-state index < -0.39 is 23.7 Å². The second-order valence-electron chi connectivity index (χ2n) is 9.75. The summed E-state index contributed by atoms with van der Waals surface area (Å²) in [7, 11) is 0. The number of carbonyl (C=O) groups excluding carboxylic acids is 3. The Kier molecular flexibility index (Phi) is 6.69. The molecule has 8 heteroatoms. The molecule has 0 saturated carbocycles. The van der Waals surface area contributed by atoms with Crippen molar-refractivity contribution >= 4 is 45.0 Å². The van der Waals surface area contributed by atoms with E-state index in [2.05, 4.69) is 6.07 Å². The first-order chi connectivity index (χ1) is 19.4. The molecule has 0 bridgehead atoms. The van der Waals surface area contributed by atoms with Crippen molar-refractivity contribution in [2.45, 2.75) is 25.9 Å². The summed E-state index contributed by atoms with van der Waals surface area (Å²) in [5, 5.41) is 0.850. The van der Waals surface area contributed by atoms with Crippen molar-refractivity contribution in [1.82, 2.24) is 9.88 Å². The predicted octanol–water partition coefficient (Wildman–Crippen LogP) is 6.39. The molecule has 6 nitrogen and oxygen atoms in total. The second-order valence-corrected chi connectivity index (χ2v) is 10.8. The highest BCUT2D eigenvalue weighted by Gasteiger charge is 2.44. The summed E-state index contributed by atoms with van der Waals surface area (Å²) in [6, 6.07) is 26.7. The normalized spacial score (nSPS) is 15.2. The van der Waals surface area contributed by atoms with Gasteiger partial charge in [0.2, 0.25) is 5.91 Å². The minimum Gasteiger partial charge on any atom is -0.322 e. The first kappa shape index (κ1) is 25.6. The van der Waals surface area contributed by atoms with Gasteiger partial charge in [-0.2, -0.15) is 0 Å². The van der Waals surface area contributed by atoms with E-state index in [1.807, 2.05) is 61.5 Å². The number of halogens is 1. The molecule has 0 spiro atoms.